The molecule has 0 amide bonds. The van der Waals surface area contributed by atoms with Gasteiger partial charge in [-0.2, -0.15) is 0 Å². The van der Waals surface area contributed by atoms with Crippen molar-refractivity contribution in [3.05, 3.63) is 37.3 Å². The van der Waals surface area contributed by atoms with Crippen molar-refractivity contribution in [3.8, 4) is 0 Å². The smallest absolute Gasteiger partial charge is 0.203 e. The van der Waals surface area contributed by atoms with Crippen molar-refractivity contribution >= 4 is 28.3 Å². The Balaban J connectivity index is 1.44. The number of rotatable bonds is 2. The largest absolute Gasteiger partial charge is 0.354 e. The van der Waals surface area contributed by atoms with Gasteiger partial charge in [-0.15, -0.1) is 10.2 Å². The van der Waals surface area contributed by atoms with E-state index in [2.05, 4.69) is 39.9 Å². The minimum Gasteiger partial charge on any atom is -0.354 e. The molecule has 1 fully saturated rings. The lowest BCUT2D eigenvalue weighted by Crippen LogP contribution is -2.32. The summed E-state index contributed by atoms with van der Waals surface area (Å²) in [6.45, 7) is 3.60. The average Bonchev–Trinajstić information content (AvgIpc) is 3.25. The van der Waals surface area contributed by atoms with Crippen molar-refractivity contribution in [3.63, 3.8) is 0 Å². The van der Waals surface area contributed by atoms with Crippen LogP contribution < -0.4 is 9.80 Å². The molecule has 9 nitrogen and oxygen atoms in total. The molecule has 25 heavy (non-hydrogen) atoms. The number of anilines is 2. The highest BCUT2D eigenvalue weighted by Gasteiger charge is 2.21. The van der Waals surface area contributed by atoms with Gasteiger partial charge in [0.2, 0.25) is 5.65 Å². The van der Waals surface area contributed by atoms with Crippen LogP contribution in [0.5, 0.6) is 0 Å². The SMILES string of the molecule is c1cn2cnnc2c(N2CCCN(c3ncnc4[nH]ccc34)CC2)n1. The molecule has 0 aliphatic carbocycles. The van der Waals surface area contributed by atoms with Crippen LogP contribution in [0.4, 0.5) is 11.6 Å². The third-order valence-electron chi connectivity index (χ3n) is 4.63. The minimum absolute atomic E-state index is 0.797. The minimum atomic E-state index is 0.797. The first-order valence-electron chi connectivity index (χ1n) is 8.32. The predicted molar refractivity (Wildman–Crippen MR) is 93.7 cm³/mol. The highest BCUT2D eigenvalue weighted by Crippen LogP contribution is 2.24. The maximum Gasteiger partial charge on any atom is 0.203 e. The molecular weight excluding hydrogens is 318 g/mol. The van der Waals surface area contributed by atoms with E-state index in [9.17, 15) is 0 Å². The summed E-state index contributed by atoms with van der Waals surface area (Å²) in [7, 11) is 0. The van der Waals surface area contributed by atoms with Crippen LogP contribution in [0.2, 0.25) is 0 Å². The third kappa shape index (κ3) is 2.35. The lowest BCUT2D eigenvalue weighted by molar-refractivity contribution is 0.794. The Morgan fingerprint density at radius 2 is 1.84 bits per heavy atom. The van der Waals surface area contributed by atoms with Gasteiger partial charge >= 0.3 is 0 Å². The van der Waals surface area contributed by atoms with Gasteiger partial charge in [-0.05, 0) is 12.5 Å². The first kappa shape index (κ1) is 14.1. The van der Waals surface area contributed by atoms with E-state index in [4.69, 9.17) is 0 Å². The lowest BCUT2D eigenvalue weighted by Gasteiger charge is -2.23. The number of H-pyrrole nitrogens is 1. The predicted octanol–water partition coefficient (Wildman–Crippen LogP) is 1.11. The van der Waals surface area contributed by atoms with Crippen molar-refractivity contribution in [2.24, 2.45) is 0 Å². The van der Waals surface area contributed by atoms with Crippen LogP contribution in [-0.2, 0) is 0 Å². The topological polar surface area (TPSA) is 91.1 Å². The number of aromatic amines is 1. The molecule has 4 aromatic rings. The Kier molecular flexibility index (Phi) is 3.22. The van der Waals surface area contributed by atoms with Gasteiger partial charge in [0.05, 0.1) is 5.39 Å². The van der Waals surface area contributed by atoms with Crippen LogP contribution in [0.15, 0.2) is 37.3 Å². The number of aromatic nitrogens is 7. The molecule has 0 bridgehead atoms. The second-order valence-corrected chi connectivity index (χ2v) is 6.08. The normalized spacial score (nSPS) is 15.8. The summed E-state index contributed by atoms with van der Waals surface area (Å²) in [5, 5.41) is 9.26. The van der Waals surface area contributed by atoms with E-state index in [0.717, 1.165) is 60.9 Å². The van der Waals surface area contributed by atoms with E-state index in [0.29, 0.717) is 0 Å². The number of nitrogens with zero attached hydrogens (tertiary/aromatic N) is 8. The van der Waals surface area contributed by atoms with Gasteiger partial charge < -0.3 is 14.8 Å². The second kappa shape index (κ2) is 5.69. The van der Waals surface area contributed by atoms with Crippen LogP contribution >= 0.6 is 0 Å². The average molecular weight is 335 g/mol. The molecule has 1 N–H and O–H groups in total. The van der Waals surface area contributed by atoms with E-state index in [1.54, 1.807) is 18.9 Å². The molecule has 1 aliphatic rings. The Morgan fingerprint density at radius 3 is 2.76 bits per heavy atom. The van der Waals surface area contributed by atoms with Crippen LogP contribution in [0, 0.1) is 0 Å². The molecule has 126 valence electrons. The molecule has 0 atom stereocenters. The van der Waals surface area contributed by atoms with Gasteiger partial charge in [0.1, 0.15) is 24.1 Å². The van der Waals surface area contributed by atoms with Gasteiger partial charge in [-0.25, -0.2) is 15.0 Å². The zero-order chi connectivity index (χ0) is 16.6. The summed E-state index contributed by atoms with van der Waals surface area (Å²) < 4.78 is 1.90. The molecule has 0 radical (unpaired) electrons. The maximum atomic E-state index is 4.54. The fourth-order valence-electron chi connectivity index (χ4n) is 3.42. The number of hydrogen-bond acceptors (Lipinski definition) is 7. The Morgan fingerprint density at radius 1 is 0.960 bits per heavy atom. The molecule has 4 aromatic heterocycles. The number of nitrogens with one attached hydrogen (secondary N) is 1. The van der Waals surface area contributed by atoms with Gasteiger partial charge in [-0.3, -0.25) is 4.40 Å². The molecular formula is C16H17N9. The molecule has 1 aliphatic heterocycles. The molecule has 0 saturated carbocycles. The first-order chi connectivity index (χ1) is 12.4. The summed E-state index contributed by atoms with van der Waals surface area (Å²) in [6, 6.07) is 2.03. The summed E-state index contributed by atoms with van der Waals surface area (Å²) in [6.07, 6.45) is 9.91. The standard InChI is InChI=1S/C16H17N9/c1-5-23(14-12-2-3-17-13(12)19-10-20-14)8-9-24(6-1)15-16-22-21-11-25(16)7-4-18-15/h2-4,7,10-11H,1,5-6,8-9H2,(H,17,19,20). The molecule has 0 unspecified atom stereocenters. The van der Waals surface area contributed by atoms with Crippen LogP contribution in [0.3, 0.4) is 0 Å². The van der Waals surface area contributed by atoms with Crippen molar-refractivity contribution in [1.29, 1.82) is 0 Å². The summed E-state index contributed by atoms with van der Waals surface area (Å²) in [5.74, 6) is 1.87. The van der Waals surface area contributed by atoms with Crippen molar-refractivity contribution in [2.45, 2.75) is 6.42 Å². The maximum absolute atomic E-state index is 4.54. The molecule has 1 saturated heterocycles. The molecule has 5 heterocycles. The van der Waals surface area contributed by atoms with E-state index in [1.807, 2.05) is 22.9 Å². The molecule has 0 aromatic carbocycles. The Bertz CT molecular complexity index is 938. The summed E-state index contributed by atoms with van der Waals surface area (Å²) in [5.41, 5.74) is 1.67. The summed E-state index contributed by atoms with van der Waals surface area (Å²) >= 11 is 0. The molecule has 5 rings (SSSR count). The fraction of sp³-hybridized carbons (Fsp3) is 0.312. The van der Waals surface area contributed by atoms with E-state index in [-0.39, 0.29) is 0 Å². The van der Waals surface area contributed by atoms with Crippen molar-refractivity contribution in [2.75, 3.05) is 36.0 Å². The number of fused-ring (bicyclic) bond motifs is 2. The van der Waals surface area contributed by atoms with E-state index < -0.39 is 0 Å². The van der Waals surface area contributed by atoms with Crippen molar-refractivity contribution < 1.29 is 0 Å². The zero-order valence-electron chi connectivity index (χ0n) is 13.6. The van der Waals surface area contributed by atoms with Gasteiger partial charge in [0, 0.05) is 44.8 Å². The van der Waals surface area contributed by atoms with E-state index in [1.165, 1.54) is 0 Å². The lowest BCUT2D eigenvalue weighted by atomic mass is 10.3. The molecule has 0 spiro atoms. The van der Waals surface area contributed by atoms with Gasteiger partial charge in [0.15, 0.2) is 5.82 Å². The third-order valence-corrected chi connectivity index (χ3v) is 4.63. The second-order valence-electron chi connectivity index (χ2n) is 6.08. The van der Waals surface area contributed by atoms with Crippen LogP contribution in [0.1, 0.15) is 6.42 Å². The van der Waals surface area contributed by atoms with Gasteiger partial charge in [0.25, 0.3) is 0 Å². The monoisotopic (exact) mass is 335 g/mol. The Labute approximate surface area is 143 Å². The van der Waals surface area contributed by atoms with Crippen LogP contribution in [-0.4, -0.2) is 60.7 Å². The summed E-state index contributed by atoms with van der Waals surface area (Å²) in [4.78, 5) is 21.1. The Hall–Kier alpha value is -3.23. The van der Waals surface area contributed by atoms with Crippen LogP contribution in [0.25, 0.3) is 16.7 Å². The van der Waals surface area contributed by atoms with E-state index >= 15 is 0 Å². The highest BCUT2D eigenvalue weighted by molar-refractivity contribution is 5.87. The van der Waals surface area contributed by atoms with Crippen molar-refractivity contribution in [1.82, 2.24) is 34.5 Å². The van der Waals surface area contributed by atoms with Gasteiger partial charge in [-0.1, -0.05) is 0 Å². The zero-order valence-corrected chi connectivity index (χ0v) is 13.6. The highest BCUT2D eigenvalue weighted by atomic mass is 15.3. The quantitative estimate of drug-likeness (QED) is 0.587. The first-order valence-corrected chi connectivity index (χ1v) is 8.32. The molecule has 9 heteroatoms. The fourth-order valence-corrected chi connectivity index (χ4v) is 3.42. The number of hydrogen-bond donors (Lipinski definition) is 1.